The first-order chi connectivity index (χ1) is 10.7. The highest BCUT2D eigenvalue weighted by atomic mass is 32.2. The molecule has 1 aromatic rings. The fourth-order valence-corrected chi connectivity index (χ4v) is 2.54. The first-order valence-electron chi connectivity index (χ1n) is 7.12. The monoisotopic (exact) mass is 348 g/mol. The van der Waals surface area contributed by atoms with Gasteiger partial charge < -0.3 is 15.4 Å². The number of rotatable bonds is 7. The predicted molar refractivity (Wildman–Crippen MR) is 86.1 cm³/mol. The van der Waals surface area contributed by atoms with Gasteiger partial charge in [-0.2, -0.15) is 8.78 Å². The Kier molecular flexibility index (Phi) is 7.41. The van der Waals surface area contributed by atoms with E-state index < -0.39 is 23.4 Å². The maximum Gasteiger partial charge on any atom is 0.387 e. The van der Waals surface area contributed by atoms with Crippen molar-refractivity contribution in [2.24, 2.45) is 0 Å². The van der Waals surface area contributed by atoms with Crippen molar-refractivity contribution < 1.29 is 22.5 Å². The third-order valence-electron chi connectivity index (χ3n) is 2.83. The molecule has 0 bridgehead atoms. The van der Waals surface area contributed by atoms with Crippen molar-refractivity contribution in [1.29, 1.82) is 0 Å². The van der Waals surface area contributed by atoms with E-state index in [2.05, 4.69) is 15.4 Å². The van der Waals surface area contributed by atoms with Crippen molar-refractivity contribution in [1.82, 2.24) is 10.6 Å². The minimum atomic E-state index is -2.88. The molecule has 0 aliphatic carbocycles. The Balaban J connectivity index is 2.35. The molecular formula is C15H22F2N2O3S. The van der Waals surface area contributed by atoms with Crippen LogP contribution in [-0.2, 0) is 17.3 Å². The van der Waals surface area contributed by atoms with Crippen molar-refractivity contribution in [3.05, 3.63) is 29.8 Å². The molecule has 8 heteroatoms. The molecule has 5 nitrogen and oxygen atoms in total. The number of benzene rings is 1. The van der Waals surface area contributed by atoms with Gasteiger partial charge in [0.2, 0.25) is 0 Å². The second-order valence-electron chi connectivity index (χ2n) is 5.80. The number of halogens is 2. The van der Waals surface area contributed by atoms with Crippen molar-refractivity contribution in [3.8, 4) is 5.75 Å². The van der Waals surface area contributed by atoms with Crippen molar-refractivity contribution in [2.75, 3.05) is 12.3 Å². The summed E-state index contributed by atoms with van der Waals surface area (Å²) in [5, 5.41) is 5.21. The van der Waals surface area contributed by atoms with Gasteiger partial charge in [-0.1, -0.05) is 12.1 Å². The first-order valence-corrected chi connectivity index (χ1v) is 8.44. The molecule has 2 amide bonds. The lowest BCUT2D eigenvalue weighted by Crippen LogP contribution is -2.38. The summed E-state index contributed by atoms with van der Waals surface area (Å²) in [5.41, 5.74) is 0.636. The Hall–Kier alpha value is -1.70. The molecule has 130 valence electrons. The molecule has 2 N–H and O–H groups in total. The lowest BCUT2D eigenvalue weighted by molar-refractivity contribution is -0.0498. The Labute approximate surface area is 137 Å². The first kappa shape index (κ1) is 19.3. The number of nitrogens with one attached hydrogen (secondary N) is 2. The van der Waals surface area contributed by atoms with Gasteiger partial charge in [-0.25, -0.2) is 4.79 Å². The molecule has 0 aliphatic heterocycles. The molecule has 0 unspecified atom stereocenters. The molecule has 1 rings (SSSR count). The fourth-order valence-electron chi connectivity index (χ4n) is 1.64. The number of alkyl halides is 2. The molecule has 23 heavy (non-hydrogen) atoms. The predicted octanol–water partition coefficient (Wildman–Crippen LogP) is 2.63. The zero-order valence-electron chi connectivity index (χ0n) is 13.4. The van der Waals surface area contributed by atoms with Crippen LogP contribution in [0.2, 0.25) is 0 Å². The van der Waals surface area contributed by atoms with Crippen molar-refractivity contribution in [3.63, 3.8) is 0 Å². The molecule has 0 radical (unpaired) electrons. The van der Waals surface area contributed by atoms with E-state index in [1.54, 1.807) is 12.1 Å². The van der Waals surface area contributed by atoms with Crippen LogP contribution in [0.5, 0.6) is 5.75 Å². The molecule has 1 aromatic carbocycles. The van der Waals surface area contributed by atoms with E-state index in [0.29, 0.717) is 17.9 Å². The normalized spacial score (nSPS) is 12.8. The van der Waals surface area contributed by atoms with E-state index >= 15 is 0 Å². The summed E-state index contributed by atoms with van der Waals surface area (Å²) in [6.45, 7) is 3.21. The SMILES string of the molecule is CC(C)(C)[S@@](=O)CCNC(=O)NCc1cccc(OC(F)F)c1. The number of urea groups is 1. The summed E-state index contributed by atoms with van der Waals surface area (Å²) in [6, 6.07) is 5.70. The molecule has 0 saturated heterocycles. The number of amides is 2. The number of ether oxygens (including phenoxy) is 1. The summed E-state index contributed by atoms with van der Waals surface area (Å²) in [4.78, 5) is 11.6. The lowest BCUT2D eigenvalue weighted by Gasteiger charge is -2.17. The minimum absolute atomic E-state index is 0.0419. The number of hydrogen-bond acceptors (Lipinski definition) is 3. The minimum Gasteiger partial charge on any atom is -0.435 e. The molecule has 0 fully saturated rings. The smallest absolute Gasteiger partial charge is 0.387 e. The lowest BCUT2D eigenvalue weighted by atomic mass is 10.2. The summed E-state index contributed by atoms with van der Waals surface area (Å²) in [7, 11) is -1.03. The number of carbonyl (C=O) groups excluding carboxylic acids is 1. The van der Waals surface area contributed by atoms with Gasteiger partial charge in [0.25, 0.3) is 0 Å². The van der Waals surface area contributed by atoms with E-state index in [-0.39, 0.29) is 17.0 Å². The zero-order chi connectivity index (χ0) is 17.5. The zero-order valence-corrected chi connectivity index (χ0v) is 14.2. The van der Waals surface area contributed by atoms with Crippen molar-refractivity contribution in [2.45, 2.75) is 38.7 Å². The molecule has 0 heterocycles. The van der Waals surface area contributed by atoms with Crippen LogP contribution in [0.15, 0.2) is 24.3 Å². The third kappa shape index (κ3) is 7.92. The second kappa shape index (κ2) is 8.81. The van der Waals surface area contributed by atoms with Gasteiger partial charge in [-0.3, -0.25) is 4.21 Å². The van der Waals surface area contributed by atoms with Crippen LogP contribution in [0.1, 0.15) is 26.3 Å². The highest BCUT2D eigenvalue weighted by molar-refractivity contribution is 7.86. The fraction of sp³-hybridized carbons (Fsp3) is 0.533. The van der Waals surface area contributed by atoms with Gasteiger partial charge in [0.15, 0.2) is 0 Å². The summed E-state index contributed by atoms with van der Waals surface area (Å²) < 4.78 is 40.0. The van der Waals surface area contributed by atoms with Gasteiger partial charge in [-0.05, 0) is 38.5 Å². The summed E-state index contributed by atoms with van der Waals surface area (Å²) >= 11 is 0. The van der Waals surface area contributed by atoms with Gasteiger partial charge in [0.05, 0.1) is 0 Å². The third-order valence-corrected chi connectivity index (χ3v) is 4.77. The maximum absolute atomic E-state index is 12.1. The summed E-state index contributed by atoms with van der Waals surface area (Å²) in [5.74, 6) is 0.412. The Bertz CT molecular complexity index is 548. The van der Waals surface area contributed by atoms with Crippen LogP contribution in [0.3, 0.4) is 0 Å². The topological polar surface area (TPSA) is 67.4 Å². The van der Waals surface area contributed by atoms with E-state index in [4.69, 9.17) is 0 Å². The van der Waals surface area contributed by atoms with Gasteiger partial charge in [0, 0.05) is 34.4 Å². The molecule has 0 spiro atoms. The van der Waals surface area contributed by atoms with Gasteiger partial charge in [0.1, 0.15) is 5.75 Å². The van der Waals surface area contributed by atoms with Crippen LogP contribution >= 0.6 is 0 Å². The van der Waals surface area contributed by atoms with E-state index in [1.807, 2.05) is 20.8 Å². The summed E-state index contributed by atoms with van der Waals surface area (Å²) in [6.07, 6.45) is 0. The van der Waals surface area contributed by atoms with Crippen LogP contribution in [0.25, 0.3) is 0 Å². The highest BCUT2D eigenvalue weighted by Gasteiger charge is 2.18. The van der Waals surface area contributed by atoms with Gasteiger partial charge >= 0.3 is 12.6 Å². The van der Waals surface area contributed by atoms with Crippen molar-refractivity contribution >= 4 is 16.8 Å². The number of carbonyl (C=O) groups is 1. The molecule has 0 aliphatic rings. The average molecular weight is 348 g/mol. The number of hydrogen-bond donors (Lipinski definition) is 2. The van der Waals surface area contributed by atoms with Crippen LogP contribution in [0.4, 0.5) is 13.6 Å². The second-order valence-corrected chi connectivity index (χ2v) is 8.12. The largest absolute Gasteiger partial charge is 0.435 e. The molecule has 0 saturated carbocycles. The van der Waals surface area contributed by atoms with E-state index in [1.165, 1.54) is 12.1 Å². The average Bonchev–Trinajstić information content (AvgIpc) is 2.43. The van der Waals surface area contributed by atoms with Crippen LogP contribution < -0.4 is 15.4 Å². The highest BCUT2D eigenvalue weighted by Crippen LogP contribution is 2.15. The standard InChI is InChI=1S/C15H22F2N2O3S/c1-15(2,3)23(21)8-7-18-14(20)19-10-11-5-4-6-12(9-11)22-13(16)17/h4-6,9,13H,7-8,10H2,1-3H3,(H2,18,19,20)/t23-/m0/s1. The Morgan fingerprint density at radius 1 is 1.30 bits per heavy atom. The Morgan fingerprint density at radius 3 is 2.61 bits per heavy atom. The Morgan fingerprint density at radius 2 is 2.00 bits per heavy atom. The maximum atomic E-state index is 12.1. The van der Waals surface area contributed by atoms with E-state index in [9.17, 15) is 17.8 Å². The quantitative estimate of drug-likeness (QED) is 0.796. The van der Waals surface area contributed by atoms with Gasteiger partial charge in [-0.15, -0.1) is 0 Å². The van der Waals surface area contributed by atoms with Crippen LogP contribution in [-0.4, -0.2) is 33.9 Å². The molecular weight excluding hydrogens is 326 g/mol. The van der Waals surface area contributed by atoms with E-state index in [0.717, 1.165) is 0 Å². The molecule has 0 aromatic heterocycles. The van der Waals surface area contributed by atoms with Crippen LogP contribution in [0, 0.1) is 0 Å². The molecule has 1 atom stereocenters.